The topological polar surface area (TPSA) is 32.5 Å². The SMILES string of the molecule is CC1CCN(C)CC1.CC1CCN(N)CC1. The van der Waals surface area contributed by atoms with Crippen LogP contribution in [0.15, 0.2) is 0 Å². The minimum Gasteiger partial charge on any atom is -0.306 e. The van der Waals surface area contributed by atoms with Gasteiger partial charge in [0.15, 0.2) is 0 Å². The molecule has 16 heavy (non-hydrogen) atoms. The lowest BCUT2D eigenvalue weighted by molar-refractivity contribution is 0.196. The zero-order valence-corrected chi connectivity index (χ0v) is 11.3. The zero-order valence-electron chi connectivity index (χ0n) is 11.3. The van der Waals surface area contributed by atoms with Gasteiger partial charge < -0.3 is 4.90 Å². The molecule has 0 radical (unpaired) electrons. The van der Waals surface area contributed by atoms with E-state index in [9.17, 15) is 0 Å². The van der Waals surface area contributed by atoms with Gasteiger partial charge in [-0.3, -0.25) is 5.84 Å². The molecule has 3 heteroatoms. The number of nitrogens with two attached hydrogens (primary N) is 1. The first kappa shape index (κ1) is 13.9. The van der Waals surface area contributed by atoms with Crippen LogP contribution in [0.4, 0.5) is 0 Å². The molecule has 0 atom stereocenters. The van der Waals surface area contributed by atoms with Gasteiger partial charge in [0.25, 0.3) is 0 Å². The van der Waals surface area contributed by atoms with Crippen LogP contribution in [0.2, 0.25) is 0 Å². The molecule has 0 amide bonds. The molecule has 2 aliphatic heterocycles. The molecule has 2 N–H and O–H groups in total. The van der Waals surface area contributed by atoms with Crippen molar-refractivity contribution >= 4 is 0 Å². The van der Waals surface area contributed by atoms with Crippen LogP contribution in [0.3, 0.4) is 0 Å². The highest BCUT2D eigenvalue weighted by molar-refractivity contribution is 4.65. The molecule has 0 aromatic heterocycles. The number of hydrogen-bond acceptors (Lipinski definition) is 3. The third-order valence-corrected chi connectivity index (χ3v) is 3.83. The van der Waals surface area contributed by atoms with Gasteiger partial charge in [-0.1, -0.05) is 13.8 Å². The van der Waals surface area contributed by atoms with E-state index in [1.54, 1.807) is 0 Å². The van der Waals surface area contributed by atoms with E-state index in [4.69, 9.17) is 5.84 Å². The number of hydrogen-bond donors (Lipinski definition) is 1. The monoisotopic (exact) mass is 227 g/mol. The van der Waals surface area contributed by atoms with Crippen LogP contribution in [-0.4, -0.2) is 43.1 Å². The van der Waals surface area contributed by atoms with Crippen LogP contribution < -0.4 is 5.84 Å². The Morgan fingerprint density at radius 1 is 0.812 bits per heavy atom. The van der Waals surface area contributed by atoms with Gasteiger partial charge in [0.2, 0.25) is 0 Å². The highest BCUT2D eigenvalue weighted by Crippen LogP contribution is 2.13. The van der Waals surface area contributed by atoms with Gasteiger partial charge in [-0.05, 0) is 57.7 Å². The fraction of sp³-hybridized carbons (Fsp3) is 1.00. The van der Waals surface area contributed by atoms with Crippen LogP contribution in [0.5, 0.6) is 0 Å². The lowest BCUT2D eigenvalue weighted by Crippen LogP contribution is -2.38. The van der Waals surface area contributed by atoms with Gasteiger partial charge in [-0.25, -0.2) is 5.01 Å². The predicted octanol–water partition coefficient (Wildman–Crippen LogP) is 1.94. The van der Waals surface area contributed by atoms with Gasteiger partial charge in [0, 0.05) is 13.1 Å². The Hall–Kier alpha value is -0.120. The van der Waals surface area contributed by atoms with E-state index in [1.807, 2.05) is 5.01 Å². The highest BCUT2D eigenvalue weighted by Gasteiger charge is 2.11. The minimum atomic E-state index is 0.898. The van der Waals surface area contributed by atoms with E-state index in [1.165, 1.54) is 38.8 Å². The van der Waals surface area contributed by atoms with Gasteiger partial charge in [0.1, 0.15) is 0 Å². The van der Waals surface area contributed by atoms with Gasteiger partial charge in [0.05, 0.1) is 0 Å². The number of rotatable bonds is 0. The molecule has 2 aliphatic rings. The molecule has 0 saturated carbocycles. The second-order valence-electron chi connectivity index (χ2n) is 5.70. The standard InChI is InChI=1S/C7H15N.C6H14N2/c1-7-3-5-8(2)6-4-7;1-6-2-4-8(7)5-3-6/h7H,3-6H2,1-2H3;6H,2-5,7H2,1H3. The van der Waals surface area contributed by atoms with E-state index in [0.717, 1.165) is 24.9 Å². The largest absolute Gasteiger partial charge is 0.306 e. The first-order valence-corrected chi connectivity index (χ1v) is 6.76. The molecular weight excluding hydrogens is 198 g/mol. The van der Waals surface area contributed by atoms with E-state index in [0.29, 0.717) is 0 Å². The molecular formula is C13H29N3. The highest BCUT2D eigenvalue weighted by atomic mass is 15.4. The normalized spacial score (nSPS) is 26.2. The lowest BCUT2D eigenvalue weighted by atomic mass is 10.00. The maximum Gasteiger partial charge on any atom is 0.0131 e. The van der Waals surface area contributed by atoms with E-state index in [2.05, 4.69) is 25.8 Å². The molecule has 2 heterocycles. The third-order valence-electron chi connectivity index (χ3n) is 3.83. The van der Waals surface area contributed by atoms with Gasteiger partial charge >= 0.3 is 0 Å². The first-order chi connectivity index (χ1) is 7.58. The number of hydrazine groups is 1. The molecule has 0 spiro atoms. The van der Waals surface area contributed by atoms with E-state index < -0.39 is 0 Å². The van der Waals surface area contributed by atoms with Crippen molar-refractivity contribution in [2.24, 2.45) is 17.7 Å². The van der Waals surface area contributed by atoms with Crippen molar-refractivity contribution in [3.8, 4) is 0 Å². The summed E-state index contributed by atoms with van der Waals surface area (Å²) in [5.41, 5.74) is 0. The summed E-state index contributed by atoms with van der Waals surface area (Å²) in [5, 5.41) is 1.90. The average Bonchev–Trinajstić information content (AvgIpc) is 2.28. The second kappa shape index (κ2) is 7.25. The first-order valence-electron chi connectivity index (χ1n) is 6.76. The molecule has 96 valence electrons. The average molecular weight is 227 g/mol. The van der Waals surface area contributed by atoms with Crippen molar-refractivity contribution in [3.05, 3.63) is 0 Å². The molecule has 2 fully saturated rings. The molecule has 0 aromatic carbocycles. The minimum absolute atomic E-state index is 0.898. The predicted molar refractivity (Wildman–Crippen MR) is 70.1 cm³/mol. The summed E-state index contributed by atoms with van der Waals surface area (Å²) in [6.07, 6.45) is 5.35. The molecule has 0 bridgehead atoms. The van der Waals surface area contributed by atoms with Crippen LogP contribution in [0.1, 0.15) is 39.5 Å². The number of piperidine rings is 2. The summed E-state index contributed by atoms with van der Waals surface area (Å²) < 4.78 is 0. The molecule has 3 nitrogen and oxygen atoms in total. The van der Waals surface area contributed by atoms with Crippen molar-refractivity contribution in [3.63, 3.8) is 0 Å². The Morgan fingerprint density at radius 3 is 1.50 bits per heavy atom. The van der Waals surface area contributed by atoms with Crippen molar-refractivity contribution in [2.75, 3.05) is 33.2 Å². The van der Waals surface area contributed by atoms with Crippen molar-refractivity contribution in [1.29, 1.82) is 0 Å². The third kappa shape index (κ3) is 5.83. The number of nitrogens with zero attached hydrogens (tertiary/aromatic N) is 2. The smallest absolute Gasteiger partial charge is 0.0131 e. The summed E-state index contributed by atoms with van der Waals surface area (Å²) >= 11 is 0. The summed E-state index contributed by atoms with van der Waals surface area (Å²) in [6.45, 7) is 9.41. The molecule has 0 aromatic rings. The van der Waals surface area contributed by atoms with E-state index >= 15 is 0 Å². The van der Waals surface area contributed by atoms with Crippen LogP contribution in [-0.2, 0) is 0 Å². The fourth-order valence-electron chi connectivity index (χ4n) is 2.17. The number of likely N-dealkylation sites (tertiary alicyclic amines) is 1. The maximum atomic E-state index is 5.53. The van der Waals surface area contributed by atoms with Crippen molar-refractivity contribution in [1.82, 2.24) is 9.91 Å². The fourth-order valence-corrected chi connectivity index (χ4v) is 2.17. The summed E-state index contributed by atoms with van der Waals surface area (Å²) in [7, 11) is 2.20. The van der Waals surface area contributed by atoms with Gasteiger partial charge in [-0.2, -0.15) is 0 Å². The quantitative estimate of drug-likeness (QED) is 0.642. The second-order valence-corrected chi connectivity index (χ2v) is 5.70. The molecule has 0 unspecified atom stereocenters. The molecule has 2 saturated heterocycles. The molecule has 0 aliphatic carbocycles. The Balaban J connectivity index is 0.000000160. The molecule has 2 rings (SSSR count). The Morgan fingerprint density at radius 2 is 1.19 bits per heavy atom. The maximum absolute atomic E-state index is 5.53. The van der Waals surface area contributed by atoms with Crippen molar-refractivity contribution in [2.45, 2.75) is 39.5 Å². The summed E-state index contributed by atoms with van der Waals surface area (Å²) in [4.78, 5) is 2.40. The zero-order chi connectivity index (χ0) is 12.0. The summed E-state index contributed by atoms with van der Waals surface area (Å²) in [6, 6.07) is 0. The Labute approximate surface area is 101 Å². The summed E-state index contributed by atoms with van der Waals surface area (Å²) in [5.74, 6) is 7.41. The van der Waals surface area contributed by atoms with Crippen LogP contribution in [0, 0.1) is 11.8 Å². The van der Waals surface area contributed by atoms with Gasteiger partial charge in [-0.15, -0.1) is 0 Å². The lowest BCUT2D eigenvalue weighted by Gasteiger charge is -2.26. The Bertz CT molecular complexity index is 128. The van der Waals surface area contributed by atoms with Crippen LogP contribution >= 0.6 is 0 Å². The van der Waals surface area contributed by atoms with E-state index in [-0.39, 0.29) is 0 Å². The van der Waals surface area contributed by atoms with Crippen LogP contribution in [0.25, 0.3) is 0 Å². The Kier molecular flexibility index (Phi) is 6.32. The van der Waals surface area contributed by atoms with Crippen molar-refractivity contribution < 1.29 is 0 Å².